The Morgan fingerprint density at radius 3 is 2.85 bits per heavy atom. The number of hydrogen-bond donors (Lipinski definition) is 0. The molecule has 0 unspecified atom stereocenters. The molecule has 108 valence electrons. The maximum atomic E-state index is 6.10. The number of para-hydroxylation sites is 1. The van der Waals surface area contributed by atoms with Gasteiger partial charge in [0.05, 0.1) is 18.0 Å². The van der Waals surface area contributed by atoms with Gasteiger partial charge >= 0.3 is 0 Å². The molecule has 1 aromatic carbocycles. The molecule has 20 heavy (non-hydrogen) atoms. The van der Waals surface area contributed by atoms with Gasteiger partial charge in [-0.2, -0.15) is 0 Å². The molecule has 0 saturated heterocycles. The van der Waals surface area contributed by atoms with E-state index in [0.29, 0.717) is 11.9 Å². The summed E-state index contributed by atoms with van der Waals surface area (Å²) in [5.41, 5.74) is 2.11. The highest BCUT2D eigenvalue weighted by Gasteiger charge is 2.30. The van der Waals surface area contributed by atoms with Crippen LogP contribution < -0.4 is 4.74 Å². The van der Waals surface area contributed by atoms with Gasteiger partial charge in [-0.15, -0.1) is 11.6 Å². The van der Waals surface area contributed by atoms with Gasteiger partial charge in [-0.3, -0.25) is 0 Å². The van der Waals surface area contributed by atoms with Gasteiger partial charge in [0, 0.05) is 6.04 Å². The monoisotopic (exact) mass is 292 g/mol. The van der Waals surface area contributed by atoms with Crippen LogP contribution in [0.5, 0.6) is 5.75 Å². The third-order valence-electron chi connectivity index (χ3n) is 4.05. The van der Waals surface area contributed by atoms with Crippen molar-refractivity contribution in [2.24, 2.45) is 5.92 Å². The van der Waals surface area contributed by atoms with Crippen molar-refractivity contribution in [3.8, 4) is 5.75 Å². The maximum Gasteiger partial charge on any atom is 0.147 e. The summed E-state index contributed by atoms with van der Waals surface area (Å²) < 4.78 is 8.14. The summed E-state index contributed by atoms with van der Waals surface area (Å²) in [6, 6.07) is 6.72. The molecule has 0 radical (unpaired) electrons. The van der Waals surface area contributed by atoms with Gasteiger partial charge < -0.3 is 9.30 Å². The van der Waals surface area contributed by atoms with Crippen LogP contribution in [-0.2, 0) is 5.88 Å². The zero-order chi connectivity index (χ0) is 14.1. The summed E-state index contributed by atoms with van der Waals surface area (Å²) in [6.45, 7) is 5.13. The fourth-order valence-corrected chi connectivity index (χ4v) is 3.23. The maximum absolute atomic E-state index is 6.10. The summed E-state index contributed by atoms with van der Waals surface area (Å²) >= 11 is 6.10. The number of halogens is 1. The Balaban J connectivity index is 2.04. The largest absolute Gasteiger partial charge is 0.491 e. The number of hydrogen-bond acceptors (Lipinski definition) is 2. The van der Waals surface area contributed by atoms with Gasteiger partial charge in [0.1, 0.15) is 17.1 Å². The average molecular weight is 293 g/mol. The van der Waals surface area contributed by atoms with Crippen molar-refractivity contribution in [1.29, 1.82) is 0 Å². The third kappa shape index (κ3) is 2.28. The smallest absolute Gasteiger partial charge is 0.147 e. The van der Waals surface area contributed by atoms with Gasteiger partial charge in [0.25, 0.3) is 0 Å². The quantitative estimate of drug-likeness (QED) is 0.757. The molecule has 0 N–H and O–H groups in total. The van der Waals surface area contributed by atoms with E-state index in [4.69, 9.17) is 21.3 Å². The second-order valence-electron chi connectivity index (χ2n) is 5.73. The zero-order valence-electron chi connectivity index (χ0n) is 12.1. The molecule has 0 bridgehead atoms. The number of imidazole rings is 1. The van der Waals surface area contributed by atoms with E-state index in [1.807, 2.05) is 12.1 Å². The molecule has 3 rings (SSSR count). The van der Waals surface area contributed by atoms with E-state index in [9.17, 15) is 0 Å². The molecule has 1 saturated carbocycles. The number of ether oxygens (including phenoxy) is 1. The number of nitrogens with zero attached hydrogens (tertiary/aromatic N) is 2. The van der Waals surface area contributed by atoms with Crippen LogP contribution in [-0.4, -0.2) is 16.2 Å². The van der Waals surface area contributed by atoms with Crippen molar-refractivity contribution in [2.75, 3.05) is 6.61 Å². The fraction of sp³-hybridized carbons (Fsp3) is 0.562. The summed E-state index contributed by atoms with van der Waals surface area (Å²) in [7, 11) is 0. The first-order chi connectivity index (χ1) is 9.74. The number of alkyl halides is 1. The second-order valence-corrected chi connectivity index (χ2v) is 6.00. The molecule has 1 aliphatic rings. The summed E-state index contributed by atoms with van der Waals surface area (Å²) in [4.78, 5) is 4.72. The van der Waals surface area contributed by atoms with Crippen LogP contribution in [0.3, 0.4) is 0 Å². The summed E-state index contributed by atoms with van der Waals surface area (Å²) in [5, 5.41) is 0. The fourth-order valence-electron chi connectivity index (χ4n) is 3.04. The van der Waals surface area contributed by atoms with Crippen LogP contribution in [0.1, 0.15) is 45.0 Å². The number of benzene rings is 1. The number of aromatic nitrogens is 2. The van der Waals surface area contributed by atoms with Gasteiger partial charge in [0.2, 0.25) is 0 Å². The highest BCUT2D eigenvalue weighted by molar-refractivity contribution is 6.16. The first kappa shape index (κ1) is 13.7. The van der Waals surface area contributed by atoms with E-state index >= 15 is 0 Å². The van der Waals surface area contributed by atoms with Gasteiger partial charge in [0.15, 0.2) is 0 Å². The van der Waals surface area contributed by atoms with Crippen molar-refractivity contribution in [1.82, 2.24) is 9.55 Å². The SMILES string of the molecule is CCCOc1cccc2c1nc(CCl)n2C1CC(C)C1. The molecule has 1 fully saturated rings. The van der Waals surface area contributed by atoms with E-state index in [-0.39, 0.29) is 0 Å². The Labute approximate surface area is 124 Å². The van der Waals surface area contributed by atoms with E-state index in [1.54, 1.807) is 0 Å². The standard InChI is InChI=1S/C16H21ClN2O/c1-3-7-20-14-6-4-5-13-16(14)18-15(10-17)19(13)12-8-11(2)9-12/h4-6,11-12H,3,7-10H2,1-2H3. The van der Waals surface area contributed by atoms with Gasteiger partial charge in [-0.05, 0) is 37.3 Å². The Morgan fingerprint density at radius 1 is 1.40 bits per heavy atom. The predicted octanol–water partition coefficient (Wildman–Crippen LogP) is 4.53. The molecule has 3 nitrogen and oxygen atoms in total. The lowest BCUT2D eigenvalue weighted by atomic mass is 9.81. The van der Waals surface area contributed by atoms with E-state index in [0.717, 1.165) is 41.6 Å². The first-order valence-corrected chi connectivity index (χ1v) is 7.96. The second kappa shape index (κ2) is 5.65. The first-order valence-electron chi connectivity index (χ1n) is 7.43. The molecular weight excluding hydrogens is 272 g/mol. The molecule has 1 aliphatic carbocycles. The Bertz CT molecular complexity index is 602. The minimum Gasteiger partial charge on any atom is -0.491 e. The number of fused-ring (bicyclic) bond motifs is 1. The van der Waals surface area contributed by atoms with Crippen LogP contribution in [0, 0.1) is 5.92 Å². The van der Waals surface area contributed by atoms with Crippen molar-refractivity contribution in [3.63, 3.8) is 0 Å². The third-order valence-corrected chi connectivity index (χ3v) is 4.29. The minimum absolute atomic E-state index is 0.451. The van der Waals surface area contributed by atoms with Crippen LogP contribution >= 0.6 is 11.6 Å². The van der Waals surface area contributed by atoms with E-state index < -0.39 is 0 Å². The highest BCUT2D eigenvalue weighted by Crippen LogP contribution is 2.41. The van der Waals surface area contributed by atoms with Crippen molar-refractivity contribution >= 4 is 22.6 Å². The van der Waals surface area contributed by atoms with Crippen LogP contribution in [0.25, 0.3) is 11.0 Å². The van der Waals surface area contributed by atoms with Crippen LogP contribution in [0.4, 0.5) is 0 Å². The van der Waals surface area contributed by atoms with E-state index in [2.05, 4.69) is 24.5 Å². The molecule has 1 aromatic heterocycles. The van der Waals surface area contributed by atoms with Crippen molar-refractivity contribution in [3.05, 3.63) is 24.0 Å². The molecule has 1 heterocycles. The summed E-state index contributed by atoms with van der Waals surface area (Å²) in [5.74, 6) is 3.10. The molecule has 4 heteroatoms. The lowest BCUT2D eigenvalue weighted by Gasteiger charge is -2.35. The van der Waals surface area contributed by atoms with Crippen molar-refractivity contribution < 1.29 is 4.74 Å². The molecule has 0 aliphatic heterocycles. The Morgan fingerprint density at radius 2 is 2.20 bits per heavy atom. The van der Waals surface area contributed by atoms with Crippen LogP contribution in [0.2, 0.25) is 0 Å². The van der Waals surface area contributed by atoms with Crippen molar-refractivity contribution in [2.45, 2.75) is 45.0 Å². The van der Waals surface area contributed by atoms with Gasteiger partial charge in [-0.25, -0.2) is 4.98 Å². The topological polar surface area (TPSA) is 27.1 Å². The number of rotatable bonds is 5. The summed E-state index contributed by atoms with van der Waals surface area (Å²) in [6.07, 6.45) is 3.43. The minimum atomic E-state index is 0.451. The molecular formula is C16H21ClN2O. The molecule has 0 atom stereocenters. The van der Waals surface area contributed by atoms with Crippen LogP contribution in [0.15, 0.2) is 18.2 Å². The highest BCUT2D eigenvalue weighted by atomic mass is 35.5. The Kier molecular flexibility index (Phi) is 3.88. The van der Waals surface area contributed by atoms with Gasteiger partial charge in [-0.1, -0.05) is 19.9 Å². The average Bonchev–Trinajstić information content (AvgIpc) is 2.80. The molecule has 0 amide bonds. The Hall–Kier alpha value is -1.22. The molecule has 0 spiro atoms. The molecule has 2 aromatic rings. The lowest BCUT2D eigenvalue weighted by Crippen LogP contribution is -2.25. The lowest BCUT2D eigenvalue weighted by molar-refractivity contribution is 0.217. The van der Waals surface area contributed by atoms with E-state index in [1.165, 1.54) is 12.8 Å². The normalized spacial score (nSPS) is 21.9. The predicted molar refractivity (Wildman–Crippen MR) is 82.5 cm³/mol. The zero-order valence-corrected chi connectivity index (χ0v) is 12.9.